The van der Waals surface area contributed by atoms with E-state index >= 15 is 0 Å². The molecule has 90 valence electrons. The maximum atomic E-state index is 10.9. The Labute approximate surface area is 97.5 Å². The first-order valence-corrected chi connectivity index (χ1v) is 6.90. The van der Waals surface area contributed by atoms with Gasteiger partial charge in [0.05, 0.1) is 6.26 Å². The Morgan fingerprint density at radius 3 is 2.44 bits per heavy atom. The fourth-order valence-electron chi connectivity index (χ4n) is 1.05. The number of nitrogens with zero attached hydrogens (tertiary/aromatic N) is 1. The third-order valence-electron chi connectivity index (χ3n) is 1.47. The van der Waals surface area contributed by atoms with Crippen molar-refractivity contribution in [3.05, 3.63) is 29.8 Å². The number of aliphatic imine (C=N–C) groups is 1. The SMILES string of the molecule is CC.CN=Cc1cccc(NS(C)(=O)=O)c1. The molecule has 0 aliphatic rings. The fraction of sp³-hybridized carbons (Fsp3) is 0.364. The van der Waals surface area contributed by atoms with Crippen LogP contribution in [0.1, 0.15) is 19.4 Å². The van der Waals surface area contributed by atoms with Crippen LogP contribution in [0.5, 0.6) is 0 Å². The summed E-state index contributed by atoms with van der Waals surface area (Å²) in [7, 11) is -1.54. The number of hydrogen-bond donors (Lipinski definition) is 1. The highest BCUT2D eigenvalue weighted by atomic mass is 32.2. The van der Waals surface area contributed by atoms with Gasteiger partial charge in [0.2, 0.25) is 10.0 Å². The number of sulfonamides is 1. The van der Waals surface area contributed by atoms with E-state index in [9.17, 15) is 8.42 Å². The lowest BCUT2D eigenvalue weighted by atomic mass is 10.2. The summed E-state index contributed by atoms with van der Waals surface area (Å²) in [5.74, 6) is 0. The zero-order chi connectivity index (χ0) is 12.6. The monoisotopic (exact) mass is 242 g/mol. The van der Waals surface area contributed by atoms with E-state index in [2.05, 4.69) is 9.71 Å². The first kappa shape index (κ1) is 14.6. The van der Waals surface area contributed by atoms with Crippen molar-refractivity contribution in [1.82, 2.24) is 0 Å². The van der Waals surface area contributed by atoms with Crippen LogP contribution in [0, 0.1) is 0 Å². The van der Waals surface area contributed by atoms with E-state index in [1.807, 2.05) is 19.9 Å². The molecule has 0 radical (unpaired) electrons. The fourth-order valence-corrected chi connectivity index (χ4v) is 1.60. The molecule has 0 spiro atoms. The molecular weight excluding hydrogens is 224 g/mol. The molecule has 1 aromatic rings. The van der Waals surface area contributed by atoms with Crippen molar-refractivity contribution in [2.75, 3.05) is 18.0 Å². The minimum absolute atomic E-state index is 0.546. The molecule has 0 fully saturated rings. The Kier molecular flexibility index (Phi) is 6.41. The molecule has 0 aliphatic carbocycles. The summed E-state index contributed by atoms with van der Waals surface area (Å²) in [5, 5.41) is 0. The number of anilines is 1. The van der Waals surface area contributed by atoms with E-state index < -0.39 is 10.0 Å². The molecule has 0 heterocycles. The summed E-state index contributed by atoms with van der Waals surface area (Å²) >= 11 is 0. The maximum absolute atomic E-state index is 10.9. The molecule has 0 atom stereocenters. The number of nitrogens with one attached hydrogen (secondary N) is 1. The zero-order valence-electron chi connectivity index (χ0n) is 10.1. The van der Waals surface area contributed by atoms with Gasteiger partial charge < -0.3 is 0 Å². The van der Waals surface area contributed by atoms with E-state index in [-0.39, 0.29) is 0 Å². The van der Waals surface area contributed by atoms with Crippen LogP contribution < -0.4 is 4.72 Å². The summed E-state index contributed by atoms with van der Waals surface area (Å²) in [4.78, 5) is 3.84. The van der Waals surface area contributed by atoms with E-state index in [1.165, 1.54) is 0 Å². The molecule has 0 amide bonds. The first-order valence-electron chi connectivity index (χ1n) is 5.01. The van der Waals surface area contributed by atoms with Gasteiger partial charge in [0.1, 0.15) is 0 Å². The second kappa shape index (κ2) is 7.00. The Morgan fingerprint density at radius 1 is 1.31 bits per heavy atom. The van der Waals surface area contributed by atoms with Crippen LogP contribution in [0.25, 0.3) is 0 Å². The summed E-state index contributed by atoms with van der Waals surface area (Å²) in [6.45, 7) is 4.00. The molecule has 1 aromatic carbocycles. The molecule has 0 saturated heterocycles. The minimum Gasteiger partial charge on any atom is -0.296 e. The topological polar surface area (TPSA) is 58.5 Å². The van der Waals surface area contributed by atoms with Crippen molar-refractivity contribution in [2.24, 2.45) is 4.99 Å². The molecule has 1 N–H and O–H groups in total. The average molecular weight is 242 g/mol. The van der Waals surface area contributed by atoms with Gasteiger partial charge in [-0.05, 0) is 17.7 Å². The third kappa shape index (κ3) is 6.19. The van der Waals surface area contributed by atoms with Gasteiger partial charge in [0, 0.05) is 18.9 Å². The molecule has 4 nitrogen and oxygen atoms in total. The Bertz CT molecular complexity index is 439. The second-order valence-corrected chi connectivity index (χ2v) is 4.64. The summed E-state index contributed by atoms with van der Waals surface area (Å²) in [6, 6.07) is 7.02. The minimum atomic E-state index is -3.20. The Hall–Kier alpha value is -1.36. The third-order valence-corrected chi connectivity index (χ3v) is 2.07. The molecule has 0 bridgehead atoms. The smallest absolute Gasteiger partial charge is 0.229 e. The summed E-state index contributed by atoms with van der Waals surface area (Å²) in [6.07, 6.45) is 2.78. The van der Waals surface area contributed by atoms with E-state index in [0.717, 1.165) is 11.8 Å². The predicted octanol–water partition coefficient (Wildman–Crippen LogP) is 2.13. The van der Waals surface area contributed by atoms with Crippen LogP contribution in [0.15, 0.2) is 29.3 Å². The maximum Gasteiger partial charge on any atom is 0.229 e. The zero-order valence-corrected chi connectivity index (χ0v) is 10.9. The highest BCUT2D eigenvalue weighted by molar-refractivity contribution is 7.92. The van der Waals surface area contributed by atoms with Crippen LogP contribution in [-0.4, -0.2) is 27.9 Å². The van der Waals surface area contributed by atoms with Crippen molar-refractivity contribution >= 4 is 21.9 Å². The predicted molar refractivity (Wildman–Crippen MR) is 69.8 cm³/mol. The van der Waals surface area contributed by atoms with E-state index in [1.54, 1.807) is 31.5 Å². The van der Waals surface area contributed by atoms with Crippen molar-refractivity contribution in [3.8, 4) is 0 Å². The molecule has 16 heavy (non-hydrogen) atoms. The molecule has 0 saturated carbocycles. The van der Waals surface area contributed by atoms with Gasteiger partial charge in [-0.15, -0.1) is 0 Å². The van der Waals surface area contributed by atoms with E-state index in [0.29, 0.717) is 5.69 Å². The molecule has 1 rings (SSSR count). The van der Waals surface area contributed by atoms with Crippen LogP contribution in [0.2, 0.25) is 0 Å². The quantitative estimate of drug-likeness (QED) is 0.825. The van der Waals surface area contributed by atoms with Gasteiger partial charge in [0.15, 0.2) is 0 Å². The van der Waals surface area contributed by atoms with E-state index in [4.69, 9.17) is 0 Å². The van der Waals surface area contributed by atoms with Crippen molar-refractivity contribution < 1.29 is 8.42 Å². The van der Waals surface area contributed by atoms with Gasteiger partial charge in [-0.1, -0.05) is 26.0 Å². The van der Waals surface area contributed by atoms with Crippen LogP contribution in [0.4, 0.5) is 5.69 Å². The average Bonchev–Trinajstić information content (AvgIpc) is 2.19. The molecule has 0 aromatic heterocycles. The molecular formula is C11H18N2O2S. The molecule has 0 unspecified atom stereocenters. The van der Waals surface area contributed by atoms with Gasteiger partial charge >= 0.3 is 0 Å². The lowest BCUT2D eigenvalue weighted by Gasteiger charge is -2.03. The van der Waals surface area contributed by atoms with Crippen LogP contribution in [0.3, 0.4) is 0 Å². The van der Waals surface area contributed by atoms with Crippen molar-refractivity contribution in [3.63, 3.8) is 0 Å². The lowest BCUT2D eigenvalue weighted by molar-refractivity contribution is 0.607. The number of hydrogen-bond acceptors (Lipinski definition) is 3. The van der Waals surface area contributed by atoms with Gasteiger partial charge in [-0.2, -0.15) is 0 Å². The standard InChI is InChI=1S/C9H12N2O2S.C2H6/c1-10-7-8-4-3-5-9(6-8)11-14(2,12)13;1-2/h3-7,11H,1-2H3;1-2H3. The highest BCUT2D eigenvalue weighted by Crippen LogP contribution is 2.10. The summed E-state index contributed by atoms with van der Waals surface area (Å²) in [5.41, 5.74) is 1.41. The summed E-state index contributed by atoms with van der Waals surface area (Å²) < 4.78 is 24.2. The molecule has 0 aliphatic heterocycles. The molecule has 5 heteroatoms. The Balaban J connectivity index is 0.00000106. The first-order chi connectivity index (χ1) is 7.51. The van der Waals surface area contributed by atoms with Crippen LogP contribution >= 0.6 is 0 Å². The van der Waals surface area contributed by atoms with Gasteiger partial charge in [-0.25, -0.2) is 8.42 Å². The largest absolute Gasteiger partial charge is 0.296 e. The number of benzene rings is 1. The van der Waals surface area contributed by atoms with Crippen LogP contribution in [-0.2, 0) is 10.0 Å². The normalized spacial score (nSPS) is 10.8. The Morgan fingerprint density at radius 2 is 1.94 bits per heavy atom. The lowest BCUT2D eigenvalue weighted by Crippen LogP contribution is -2.09. The number of rotatable bonds is 3. The van der Waals surface area contributed by atoms with Gasteiger partial charge in [0.25, 0.3) is 0 Å². The van der Waals surface area contributed by atoms with Gasteiger partial charge in [-0.3, -0.25) is 9.71 Å². The highest BCUT2D eigenvalue weighted by Gasteiger charge is 2.00. The van der Waals surface area contributed by atoms with Crippen molar-refractivity contribution in [1.29, 1.82) is 0 Å². The van der Waals surface area contributed by atoms with Crippen molar-refractivity contribution in [2.45, 2.75) is 13.8 Å². The second-order valence-electron chi connectivity index (χ2n) is 2.89.